The standard InChI is InChI=1S/C18H26N6O.HI/c1-14(2)16-12-15(25-22-16)13-21-18(19-3)24-10-8-23(9-11-24)17-6-4-5-7-20-17;/h4-7,12,14H,8-11,13H2,1-3H3,(H,19,21);1H. The number of hydrogen-bond donors (Lipinski definition) is 1. The highest BCUT2D eigenvalue weighted by molar-refractivity contribution is 14.0. The second-order valence-corrected chi connectivity index (χ2v) is 6.44. The van der Waals surface area contributed by atoms with Gasteiger partial charge >= 0.3 is 0 Å². The van der Waals surface area contributed by atoms with Gasteiger partial charge in [-0.25, -0.2) is 4.98 Å². The topological polar surface area (TPSA) is 69.8 Å². The first-order chi connectivity index (χ1) is 12.2. The number of nitrogens with one attached hydrogen (secondary N) is 1. The van der Waals surface area contributed by atoms with Gasteiger partial charge in [-0.05, 0) is 18.1 Å². The van der Waals surface area contributed by atoms with E-state index in [-0.39, 0.29) is 24.0 Å². The fraction of sp³-hybridized carbons (Fsp3) is 0.500. The molecule has 0 bridgehead atoms. The highest BCUT2D eigenvalue weighted by Crippen LogP contribution is 2.15. The van der Waals surface area contributed by atoms with Gasteiger partial charge in [-0.1, -0.05) is 25.1 Å². The number of aromatic nitrogens is 2. The van der Waals surface area contributed by atoms with Gasteiger partial charge in [-0.2, -0.15) is 0 Å². The molecule has 0 amide bonds. The number of hydrogen-bond acceptors (Lipinski definition) is 5. The minimum absolute atomic E-state index is 0. The van der Waals surface area contributed by atoms with Crippen molar-refractivity contribution in [3.8, 4) is 0 Å². The quantitative estimate of drug-likeness (QED) is 0.421. The molecule has 0 aromatic carbocycles. The molecule has 7 nitrogen and oxygen atoms in total. The van der Waals surface area contributed by atoms with Crippen LogP contribution in [-0.4, -0.2) is 54.2 Å². The number of piperazine rings is 1. The van der Waals surface area contributed by atoms with E-state index in [0.717, 1.165) is 49.4 Å². The predicted octanol–water partition coefficient (Wildman–Crippen LogP) is 2.71. The zero-order chi connectivity index (χ0) is 17.6. The molecule has 0 radical (unpaired) electrons. The molecular formula is C18H27IN6O. The first-order valence-electron chi connectivity index (χ1n) is 8.74. The fourth-order valence-electron chi connectivity index (χ4n) is 2.87. The van der Waals surface area contributed by atoms with Crippen molar-refractivity contribution in [1.82, 2.24) is 20.4 Å². The molecule has 0 atom stereocenters. The SMILES string of the molecule is CN=C(NCc1cc(C(C)C)no1)N1CCN(c2ccccn2)CC1.I. The summed E-state index contributed by atoms with van der Waals surface area (Å²) in [7, 11) is 1.81. The number of nitrogens with zero attached hydrogens (tertiary/aromatic N) is 5. The number of rotatable bonds is 4. The normalized spacial score (nSPS) is 15.2. The van der Waals surface area contributed by atoms with E-state index >= 15 is 0 Å². The van der Waals surface area contributed by atoms with Gasteiger partial charge in [0, 0.05) is 45.5 Å². The van der Waals surface area contributed by atoms with Gasteiger partial charge < -0.3 is 19.6 Å². The van der Waals surface area contributed by atoms with Crippen LogP contribution in [0.4, 0.5) is 5.82 Å². The Labute approximate surface area is 171 Å². The van der Waals surface area contributed by atoms with Crippen molar-refractivity contribution in [3.63, 3.8) is 0 Å². The maximum absolute atomic E-state index is 5.38. The van der Waals surface area contributed by atoms with Crippen molar-refractivity contribution in [2.45, 2.75) is 26.3 Å². The number of guanidine groups is 1. The van der Waals surface area contributed by atoms with Gasteiger partial charge in [0.1, 0.15) is 5.82 Å². The molecule has 1 N–H and O–H groups in total. The number of halogens is 1. The molecule has 1 aliphatic heterocycles. The Morgan fingerprint density at radius 1 is 1.27 bits per heavy atom. The summed E-state index contributed by atoms with van der Waals surface area (Å²) in [6.45, 7) is 8.47. The molecule has 0 unspecified atom stereocenters. The Kier molecular flexibility index (Phi) is 7.67. The molecule has 0 aliphatic carbocycles. The fourth-order valence-corrected chi connectivity index (χ4v) is 2.87. The monoisotopic (exact) mass is 470 g/mol. The Hall–Kier alpha value is -1.84. The van der Waals surface area contributed by atoms with Crippen LogP contribution in [0.1, 0.15) is 31.2 Å². The van der Waals surface area contributed by atoms with E-state index in [1.165, 1.54) is 0 Å². The molecule has 0 spiro atoms. The highest BCUT2D eigenvalue weighted by atomic mass is 127. The minimum Gasteiger partial charge on any atom is -0.359 e. The number of aliphatic imine (C=N–C) groups is 1. The summed E-state index contributed by atoms with van der Waals surface area (Å²) in [5.41, 5.74) is 0.982. The molecule has 26 heavy (non-hydrogen) atoms. The Morgan fingerprint density at radius 3 is 2.62 bits per heavy atom. The summed E-state index contributed by atoms with van der Waals surface area (Å²) in [6.07, 6.45) is 1.84. The largest absolute Gasteiger partial charge is 0.359 e. The molecule has 2 aromatic rings. The summed E-state index contributed by atoms with van der Waals surface area (Å²) in [5.74, 6) is 3.13. The van der Waals surface area contributed by atoms with E-state index in [4.69, 9.17) is 4.52 Å². The highest BCUT2D eigenvalue weighted by Gasteiger charge is 2.20. The van der Waals surface area contributed by atoms with Crippen LogP contribution in [0.15, 0.2) is 40.0 Å². The Bertz CT molecular complexity index is 695. The van der Waals surface area contributed by atoms with Crippen molar-refractivity contribution in [2.24, 2.45) is 4.99 Å². The van der Waals surface area contributed by atoms with Crippen molar-refractivity contribution in [1.29, 1.82) is 0 Å². The third-order valence-electron chi connectivity index (χ3n) is 4.35. The van der Waals surface area contributed by atoms with Crippen molar-refractivity contribution in [3.05, 3.63) is 41.9 Å². The van der Waals surface area contributed by atoms with Crippen LogP contribution < -0.4 is 10.2 Å². The van der Waals surface area contributed by atoms with Crippen molar-refractivity contribution < 1.29 is 4.52 Å². The summed E-state index contributed by atoms with van der Waals surface area (Å²) in [5, 5.41) is 7.46. The van der Waals surface area contributed by atoms with E-state index < -0.39 is 0 Å². The first-order valence-corrected chi connectivity index (χ1v) is 8.74. The van der Waals surface area contributed by atoms with Crippen LogP contribution in [-0.2, 0) is 6.54 Å². The Morgan fingerprint density at radius 2 is 2.04 bits per heavy atom. The van der Waals surface area contributed by atoms with Gasteiger partial charge in [-0.15, -0.1) is 24.0 Å². The van der Waals surface area contributed by atoms with Crippen LogP contribution in [0.5, 0.6) is 0 Å². The van der Waals surface area contributed by atoms with E-state index in [0.29, 0.717) is 12.5 Å². The third kappa shape index (κ3) is 5.09. The number of anilines is 1. The molecule has 2 aromatic heterocycles. The van der Waals surface area contributed by atoms with E-state index in [2.05, 4.69) is 50.2 Å². The molecule has 142 valence electrons. The number of pyridine rings is 1. The molecule has 1 aliphatic rings. The summed E-state index contributed by atoms with van der Waals surface area (Å²) < 4.78 is 5.38. The zero-order valence-electron chi connectivity index (χ0n) is 15.6. The van der Waals surface area contributed by atoms with E-state index in [9.17, 15) is 0 Å². The molecule has 1 saturated heterocycles. The maximum atomic E-state index is 5.38. The Balaban J connectivity index is 0.00000243. The zero-order valence-corrected chi connectivity index (χ0v) is 17.9. The minimum atomic E-state index is 0. The van der Waals surface area contributed by atoms with Gasteiger partial charge in [0.25, 0.3) is 0 Å². The maximum Gasteiger partial charge on any atom is 0.194 e. The molecule has 3 rings (SSSR count). The summed E-state index contributed by atoms with van der Waals surface area (Å²) in [4.78, 5) is 13.4. The lowest BCUT2D eigenvalue weighted by Gasteiger charge is -2.37. The van der Waals surface area contributed by atoms with Crippen LogP contribution >= 0.6 is 24.0 Å². The second kappa shape index (κ2) is 9.75. The van der Waals surface area contributed by atoms with Crippen molar-refractivity contribution >= 4 is 35.8 Å². The lowest BCUT2D eigenvalue weighted by molar-refractivity contribution is 0.354. The summed E-state index contributed by atoms with van der Waals surface area (Å²) in [6, 6.07) is 8.03. The van der Waals surface area contributed by atoms with Crippen LogP contribution in [0, 0.1) is 0 Å². The van der Waals surface area contributed by atoms with Crippen LogP contribution in [0.2, 0.25) is 0 Å². The smallest absolute Gasteiger partial charge is 0.194 e. The van der Waals surface area contributed by atoms with Gasteiger partial charge in [-0.3, -0.25) is 4.99 Å². The molecule has 3 heterocycles. The molecule has 8 heteroatoms. The molecular weight excluding hydrogens is 443 g/mol. The van der Waals surface area contributed by atoms with E-state index in [1.807, 2.05) is 31.4 Å². The van der Waals surface area contributed by atoms with E-state index in [1.54, 1.807) is 0 Å². The average Bonchev–Trinajstić information content (AvgIpc) is 3.13. The predicted molar refractivity (Wildman–Crippen MR) is 114 cm³/mol. The van der Waals surface area contributed by atoms with Gasteiger partial charge in [0.2, 0.25) is 0 Å². The summed E-state index contributed by atoms with van der Waals surface area (Å²) >= 11 is 0. The lowest BCUT2D eigenvalue weighted by Crippen LogP contribution is -2.52. The third-order valence-corrected chi connectivity index (χ3v) is 4.35. The average molecular weight is 470 g/mol. The van der Waals surface area contributed by atoms with Crippen LogP contribution in [0.25, 0.3) is 0 Å². The van der Waals surface area contributed by atoms with Crippen LogP contribution in [0.3, 0.4) is 0 Å². The van der Waals surface area contributed by atoms with Crippen molar-refractivity contribution in [2.75, 3.05) is 38.1 Å². The van der Waals surface area contributed by atoms with Gasteiger partial charge in [0.05, 0.1) is 12.2 Å². The first kappa shape index (κ1) is 20.5. The molecule has 0 saturated carbocycles. The lowest BCUT2D eigenvalue weighted by atomic mass is 10.1. The molecule has 1 fully saturated rings. The second-order valence-electron chi connectivity index (χ2n) is 6.44. The van der Waals surface area contributed by atoms with Gasteiger partial charge in [0.15, 0.2) is 11.7 Å².